The van der Waals surface area contributed by atoms with E-state index in [1.165, 1.54) is 0 Å². The zero-order chi connectivity index (χ0) is 15.6. The topological polar surface area (TPSA) is 44.8 Å². The lowest BCUT2D eigenvalue weighted by Gasteiger charge is -2.09. The first-order valence-corrected chi connectivity index (χ1v) is 7.34. The predicted molar refractivity (Wildman–Crippen MR) is 84.5 cm³/mol. The van der Waals surface area contributed by atoms with Gasteiger partial charge in [-0.1, -0.05) is 41.9 Å². The van der Waals surface area contributed by atoms with Crippen LogP contribution in [0.2, 0.25) is 5.02 Å². The molecule has 0 N–H and O–H groups in total. The number of ether oxygens (including phenoxy) is 3. The van der Waals surface area contributed by atoms with E-state index < -0.39 is 5.97 Å². The molecule has 0 radical (unpaired) electrons. The average molecular weight is 321 g/mol. The maximum atomic E-state index is 11.5. The Kier molecular flexibility index (Phi) is 6.58. The molecule has 0 saturated heterocycles. The van der Waals surface area contributed by atoms with Crippen molar-refractivity contribution in [2.24, 2.45) is 0 Å². The Hall–Kier alpha value is -2.20. The molecule has 5 heteroatoms. The summed E-state index contributed by atoms with van der Waals surface area (Å²) in [5.74, 6) is 0.867. The second-order valence-corrected chi connectivity index (χ2v) is 4.86. The minimum atomic E-state index is -0.401. The van der Waals surface area contributed by atoms with Gasteiger partial charge in [-0.3, -0.25) is 0 Å². The van der Waals surface area contributed by atoms with Gasteiger partial charge in [0.1, 0.15) is 11.5 Å². The Morgan fingerprint density at radius 3 is 2.41 bits per heavy atom. The highest BCUT2D eigenvalue weighted by atomic mass is 35.5. The van der Waals surface area contributed by atoms with Crippen molar-refractivity contribution < 1.29 is 19.0 Å². The maximum absolute atomic E-state index is 11.5. The van der Waals surface area contributed by atoms with Gasteiger partial charge < -0.3 is 14.2 Å². The molecule has 2 aromatic rings. The Labute approximate surface area is 134 Å². The summed E-state index contributed by atoms with van der Waals surface area (Å²) in [6.07, 6.45) is 0.586. The molecule has 0 spiro atoms. The van der Waals surface area contributed by atoms with E-state index >= 15 is 0 Å². The van der Waals surface area contributed by atoms with Gasteiger partial charge in [-0.05, 0) is 24.3 Å². The normalized spacial score (nSPS) is 10.0. The molecule has 0 aliphatic carbocycles. The van der Waals surface area contributed by atoms with Crippen LogP contribution in [-0.2, 0) is 9.53 Å². The highest BCUT2D eigenvalue weighted by Gasteiger charge is 2.04. The van der Waals surface area contributed by atoms with Gasteiger partial charge in [0.25, 0.3) is 0 Å². The summed E-state index contributed by atoms with van der Waals surface area (Å²) in [4.78, 5) is 11.5. The van der Waals surface area contributed by atoms with Gasteiger partial charge in [-0.2, -0.15) is 0 Å². The van der Waals surface area contributed by atoms with Gasteiger partial charge in [0.15, 0.2) is 6.61 Å². The van der Waals surface area contributed by atoms with Gasteiger partial charge in [0.05, 0.1) is 18.2 Å². The summed E-state index contributed by atoms with van der Waals surface area (Å²) in [5, 5.41) is 0.566. The van der Waals surface area contributed by atoms with Gasteiger partial charge in [0.2, 0.25) is 0 Å². The molecule has 0 aliphatic heterocycles. The minimum absolute atomic E-state index is 0.102. The Morgan fingerprint density at radius 1 is 0.909 bits per heavy atom. The van der Waals surface area contributed by atoms with E-state index in [2.05, 4.69) is 0 Å². The van der Waals surface area contributed by atoms with Crippen LogP contribution in [-0.4, -0.2) is 25.8 Å². The van der Waals surface area contributed by atoms with Crippen LogP contribution in [0.1, 0.15) is 6.42 Å². The lowest BCUT2D eigenvalue weighted by atomic mass is 10.3. The van der Waals surface area contributed by atoms with Crippen molar-refractivity contribution in [1.82, 2.24) is 0 Å². The number of carbonyl (C=O) groups excluding carboxylic acids is 1. The average Bonchev–Trinajstić information content (AvgIpc) is 2.55. The zero-order valence-corrected chi connectivity index (χ0v) is 12.8. The molecule has 4 nitrogen and oxygen atoms in total. The molecule has 0 saturated carbocycles. The number of benzene rings is 2. The first-order valence-electron chi connectivity index (χ1n) is 6.96. The van der Waals surface area contributed by atoms with Crippen LogP contribution in [0.5, 0.6) is 11.5 Å². The van der Waals surface area contributed by atoms with Crippen LogP contribution in [0.15, 0.2) is 54.6 Å². The Morgan fingerprint density at radius 2 is 1.64 bits per heavy atom. The van der Waals surface area contributed by atoms with Crippen LogP contribution < -0.4 is 9.47 Å². The largest absolute Gasteiger partial charge is 0.492 e. The molecule has 2 aromatic carbocycles. The van der Waals surface area contributed by atoms with Crippen molar-refractivity contribution in [2.45, 2.75) is 6.42 Å². The van der Waals surface area contributed by atoms with E-state index in [0.717, 1.165) is 0 Å². The molecule has 0 aliphatic rings. The molecule has 2 rings (SSSR count). The van der Waals surface area contributed by atoms with Crippen LogP contribution >= 0.6 is 11.6 Å². The predicted octanol–water partition coefficient (Wildman–Crippen LogP) is 3.73. The molecule has 0 fully saturated rings. The molecule has 0 atom stereocenters. The number of esters is 1. The first-order chi connectivity index (χ1) is 10.8. The number of hydrogen-bond donors (Lipinski definition) is 0. The van der Waals surface area contributed by atoms with Gasteiger partial charge >= 0.3 is 5.97 Å². The minimum Gasteiger partial charge on any atom is -0.492 e. The van der Waals surface area contributed by atoms with E-state index in [1.54, 1.807) is 24.3 Å². The highest BCUT2D eigenvalue weighted by Crippen LogP contribution is 2.22. The molecule has 22 heavy (non-hydrogen) atoms. The monoisotopic (exact) mass is 320 g/mol. The summed E-state index contributed by atoms with van der Waals surface area (Å²) >= 11 is 5.96. The molecule has 0 unspecified atom stereocenters. The first kappa shape index (κ1) is 16.2. The fraction of sp³-hybridized carbons (Fsp3) is 0.235. The summed E-state index contributed by atoms with van der Waals surface area (Å²) in [6, 6.07) is 16.4. The van der Waals surface area contributed by atoms with Crippen LogP contribution in [0.3, 0.4) is 0 Å². The quantitative estimate of drug-likeness (QED) is 0.549. The molecule has 0 aromatic heterocycles. The molecule has 116 valence electrons. The molecule has 0 heterocycles. The second kappa shape index (κ2) is 8.95. The SMILES string of the molecule is O=C(COc1ccccc1)OCCCOc1ccccc1Cl. The van der Waals surface area contributed by atoms with Gasteiger partial charge in [-0.15, -0.1) is 0 Å². The lowest BCUT2D eigenvalue weighted by Crippen LogP contribution is -2.16. The summed E-state index contributed by atoms with van der Waals surface area (Å²) in [5.41, 5.74) is 0. The van der Waals surface area contributed by atoms with E-state index in [1.807, 2.05) is 30.3 Å². The van der Waals surface area contributed by atoms with Crippen molar-refractivity contribution >= 4 is 17.6 Å². The van der Waals surface area contributed by atoms with Crippen molar-refractivity contribution in [3.05, 3.63) is 59.6 Å². The fourth-order valence-corrected chi connectivity index (χ4v) is 1.88. The number of halogens is 1. The van der Waals surface area contributed by atoms with E-state index in [-0.39, 0.29) is 13.2 Å². The van der Waals surface area contributed by atoms with E-state index in [9.17, 15) is 4.79 Å². The number of para-hydroxylation sites is 2. The molecular weight excluding hydrogens is 304 g/mol. The standard InChI is InChI=1S/C17H17ClO4/c18-15-9-4-5-10-16(15)20-11-6-12-21-17(19)13-22-14-7-2-1-3-8-14/h1-5,7-10H,6,11-13H2. The third-order valence-electron chi connectivity index (χ3n) is 2.75. The van der Waals surface area contributed by atoms with Gasteiger partial charge in [0, 0.05) is 6.42 Å². The summed E-state index contributed by atoms with van der Waals surface area (Å²) < 4.78 is 15.8. The zero-order valence-electron chi connectivity index (χ0n) is 12.0. The summed E-state index contributed by atoms with van der Waals surface area (Å²) in [7, 11) is 0. The van der Waals surface area contributed by atoms with Crippen LogP contribution in [0.25, 0.3) is 0 Å². The highest BCUT2D eigenvalue weighted by molar-refractivity contribution is 6.32. The fourth-order valence-electron chi connectivity index (χ4n) is 1.69. The van der Waals surface area contributed by atoms with Crippen LogP contribution in [0, 0.1) is 0 Å². The summed E-state index contributed by atoms with van der Waals surface area (Å²) in [6.45, 7) is 0.605. The van der Waals surface area contributed by atoms with E-state index in [0.29, 0.717) is 29.5 Å². The third-order valence-corrected chi connectivity index (χ3v) is 3.06. The Bertz CT molecular complexity index is 586. The van der Waals surface area contributed by atoms with E-state index in [4.69, 9.17) is 25.8 Å². The van der Waals surface area contributed by atoms with Gasteiger partial charge in [-0.25, -0.2) is 4.79 Å². The third kappa shape index (κ3) is 5.66. The van der Waals surface area contributed by atoms with Crippen molar-refractivity contribution in [1.29, 1.82) is 0 Å². The molecule has 0 amide bonds. The molecular formula is C17H17ClO4. The number of carbonyl (C=O) groups is 1. The van der Waals surface area contributed by atoms with Crippen molar-refractivity contribution in [3.8, 4) is 11.5 Å². The second-order valence-electron chi connectivity index (χ2n) is 4.45. The van der Waals surface area contributed by atoms with Crippen molar-refractivity contribution in [2.75, 3.05) is 19.8 Å². The number of rotatable bonds is 8. The lowest BCUT2D eigenvalue weighted by molar-refractivity contribution is -0.146. The van der Waals surface area contributed by atoms with Crippen LogP contribution in [0.4, 0.5) is 0 Å². The smallest absolute Gasteiger partial charge is 0.344 e. The number of hydrogen-bond acceptors (Lipinski definition) is 4. The molecule has 0 bridgehead atoms. The Balaban J connectivity index is 1.57. The van der Waals surface area contributed by atoms with Crippen molar-refractivity contribution in [3.63, 3.8) is 0 Å². The maximum Gasteiger partial charge on any atom is 0.344 e.